The van der Waals surface area contributed by atoms with Crippen LogP contribution in [0.3, 0.4) is 0 Å². The molecule has 0 aliphatic rings. The third-order valence-electron chi connectivity index (χ3n) is 3.05. The molecule has 0 amide bonds. The Labute approximate surface area is 167 Å². The van der Waals surface area contributed by atoms with Crippen molar-refractivity contribution in [3.05, 3.63) is 54.0 Å². The molecular formula is C15H13ClF4N8O. The van der Waals surface area contributed by atoms with Crippen LogP contribution in [0.15, 0.2) is 36.9 Å². The highest BCUT2D eigenvalue weighted by Crippen LogP contribution is 2.37. The molecule has 0 saturated heterocycles. The van der Waals surface area contributed by atoms with Gasteiger partial charge >= 0.3 is 6.18 Å². The van der Waals surface area contributed by atoms with Crippen molar-refractivity contribution >= 4 is 18.2 Å². The molecule has 0 radical (unpaired) electrons. The summed E-state index contributed by atoms with van der Waals surface area (Å²) >= 11 is 0. The Bertz CT molecular complexity index is 944. The molecule has 3 heterocycles. The first-order chi connectivity index (χ1) is 13.2. The highest BCUT2D eigenvalue weighted by atomic mass is 35.5. The number of aromatic nitrogens is 6. The Kier molecular flexibility index (Phi) is 8.26. The summed E-state index contributed by atoms with van der Waals surface area (Å²) in [5, 5.41) is 21.0. The molecule has 14 heteroatoms. The SMILES string of the molecule is COc1nc(-c2ccnnc2)nc(F)c1C(F)(F)F.Cl.N=C(N)c1ccnnc1. The van der Waals surface area contributed by atoms with Crippen LogP contribution in [0.2, 0.25) is 0 Å². The molecule has 0 unspecified atom stereocenters. The number of nitrogens with zero attached hydrogens (tertiary/aromatic N) is 6. The lowest BCUT2D eigenvalue weighted by molar-refractivity contribution is -0.142. The molecule has 3 N–H and O–H groups in total. The van der Waals surface area contributed by atoms with Crippen molar-refractivity contribution in [2.75, 3.05) is 7.11 Å². The van der Waals surface area contributed by atoms with Crippen molar-refractivity contribution in [2.45, 2.75) is 6.18 Å². The standard InChI is InChI=1S/C10H6F4N4O.C5H6N4.ClH/c1-19-9-6(10(12,13)14)7(11)17-8(18-9)5-2-3-15-16-4-5;6-5(7)4-1-2-8-9-3-4;/h2-4H,1H3;1-3H,(H3,6,7);1H. The maximum Gasteiger partial charge on any atom is 0.426 e. The van der Waals surface area contributed by atoms with Crippen LogP contribution in [0.4, 0.5) is 17.6 Å². The largest absolute Gasteiger partial charge is 0.480 e. The number of alkyl halides is 3. The van der Waals surface area contributed by atoms with Crippen LogP contribution in [0, 0.1) is 11.4 Å². The fourth-order valence-corrected chi connectivity index (χ4v) is 1.80. The van der Waals surface area contributed by atoms with Crippen LogP contribution in [0.1, 0.15) is 11.1 Å². The molecule has 3 rings (SSSR count). The molecule has 0 aliphatic carbocycles. The number of nitrogens with two attached hydrogens (primary N) is 1. The smallest absolute Gasteiger partial charge is 0.426 e. The average Bonchev–Trinajstić information content (AvgIpc) is 2.68. The molecule has 0 spiro atoms. The minimum Gasteiger partial charge on any atom is -0.480 e. The third-order valence-corrected chi connectivity index (χ3v) is 3.05. The lowest BCUT2D eigenvalue weighted by Gasteiger charge is -2.12. The molecule has 0 fully saturated rings. The molecule has 0 saturated carbocycles. The van der Waals surface area contributed by atoms with E-state index in [1.807, 2.05) is 0 Å². The quantitative estimate of drug-likeness (QED) is 0.278. The lowest BCUT2D eigenvalue weighted by Crippen LogP contribution is -2.14. The molecule has 154 valence electrons. The first-order valence-electron chi connectivity index (χ1n) is 7.31. The summed E-state index contributed by atoms with van der Waals surface area (Å²) in [4.78, 5) is 6.70. The molecule has 29 heavy (non-hydrogen) atoms. The van der Waals surface area contributed by atoms with Gasteiger partial charge in [-0.15, -0.1) is 12.4 Å². The van der Waals surface area contributed by atoms with Gasteiger partial charge in [0.1, 0.15) is 5.84 Å². The number of methoxy groups -OCH3 is 1. The second-order valence-electron chi connectivity index (χ2n) is 4.90. The number of rotatable bonds is 3. The van der Waals surface area contributed by atoms with Crippen LogP contribution in [0.5, 0.6) is 5.88 Å². The van der Waals surface area contributed by atoms with Crippen molar-refractivity contribution < 1.29 is 22.3 Å². The Balaban J connectivity index is 0.000000355. The van der Waals surface area contributed by atoms with Crippen molar-refractivity contribution in [1.29, 1.82) is 5.41 Å². The summed E-state index contributed by atoms with van der Waals surface area (Å²) in [5.41, 5.74) is 4.32. The van der Waals surface area contributed by atoms with E-state index in [0.717, 1.165) is 7.11 Å². The van der Waals surface area contributed by atoms with Gasteiger partial charge in [-0.05, 0) is 12.1 Å². The monoisotopic (exact) mass is 432 g/mol. The summed E-state index contributed by atoms with van der Waals surface area (Å²) in [7, 11) is 0.964. The first kappa shape index (κ1) is 23.6. The van der Waals surface area contributed by atoms with E-state index in [9.17, 15) is 17.6 Å². The van der Waals surface area contributed by atoms with E-state index >= 15 is 0 Å². The number of hydrogen-bond donors (Lipinski definition) is 2. The van der Waals surface area contributed by atoms with Gasteiger partial charge in [0.15, 0.2) is 11.4 Å². The molecular weight excluding hydrogens is 420 g/mol. The Morgan fingerprint density at radius 2 is 1.66 bits per heavy atom. The Hall–Kier alpha value is -3.48. The average molecular weight is 433 g/mol. The van der Waals surface area contributed by atoms with E-state index in [2.05, 4.69) is 35.1 Å². The fraction of sp³-hybridized carbons (Fsp3) is 0.133. The van der Waals surface area contributed by atoms with Crippen LogP contribution >= 0.6 is 12.4 Å². The zero-order chi connectivity index (χ0) is 20.7. The molecule has 0 atom stereocenters. The van der Waals surface area contributed by atoms with Gasteiger partial charge in [0.05, 0.1) is 31.9 Å². The number of amidine groups is 1. The molecule has 3 aromatic heterocycles. The van der Waals surface area contributed by atoms with Gasteiger partial charge in [0.25, 0.3) is 0 Å². The summed E-state index contributed by atoms with van der Waals surface area (Å²) in [6.45, 7) is 0. The Morgan fingerprint density at radius 3 is 2.07 bits per heavy atom. The summed E-state index contributed by atoms with van der Waals surface area (Å²) in [6.07, 6.45) is 0.478. The highest BCUT2D eigenvalue weighted by Gasteiger charge is 2.40. The maximum atomic E-state index is 13.5. The van der Waals surface area contributed by atoms with Crippen molar-refractivity contribution in [2.24, 2.45) is 5.73 Å². The zero-order valence-corrected chi connectivity index (χ0v) is 15.4. The summed E-state index contributed by atoms with van der Waals surface area (Å²) < 4.78 is 55.8. The second-order valence-corrected chi connectivity index (χ2v) is 4.90. The van der Waals surface area contributed by atoms with Crippen molar-refractivity contribution in [3.8, 4) is 17.3 Å². The minimum atomic E-state index is -4.94. The van der Waals surface area contributed by atoms with Crippen LogP contribution in [-0.4, -0.2) is 43.3 Å². The van der Waals surface area contributed by atoms with Crippen LogP contribution in [-0.2, 0) is 6.18 Å². The van der Waals surface area contributed by atoms with Gasteiger partial charge in [-0.1, -0.05) is 0 Å². The number of hydrogen-bond acceptors (Lipinski definition) is 8. The second kappa shape index (κ2) is 10.2. The van der Waals surface area contributed by atoms with E-state index in [-0.39, 0.29) is 29.6 Å². The predicted octanol–water partition coefficient (Wildman–Crippen LogP) is 2.28. The molecule has 0 aromatic carbocycles. The van der Waals surface area contributed by atoms with E-state index in [1.54, 1.807) is 6.07 Å². The number of halogens is 5. The van der Waals surface area contributed by atoms with Crippen LogP contribution in [0.25, 0.3) is 11.4 Å². The zero-order valence-electron chi connectivity index (χ0n) is 14.6. The van der Waals surface area contributed by atoms with Crippen molar-refractivity contribution in [3.63, 3.8) is 0 Å². The normalized spacial score (nSPS) is 10.2. The number of nitrogen functional groups attached to an aromatic ring is 1. The molecule has 9 nitrogen and oxygen atoms in total. The summed E-state index contributed by atoms with van der Waals surface area (Å²) in [5.74, 6) is -2.83. The van der Waals surface area contributed by atoms with Gasteiger partial charge in [-0.25, -0.2) is 0 Å². The van der Waals surface area contributed by atoms with E-state index in [0.29, 0.717) is 5.56 Å². The van der Waals surface area contributed by atoms with Gasteiger partial charge in [0, 0.05) is 11.1 Å². The van der Waals surface area contributed by atoms with Gasteiger partial charge in [-0.3, -0.25) is 5.41 Å². The molecule has 0 bridgehead atoms. The van der Waals surface area contributed by atoms with Crippen LogP contribution < -0.4 is 10.5 Å². The van der Waals surface area contributed by atoms with E-state index < -0.39 is 23.6 Å². The number of ether oxygens (including phenoxy) is 1. The maximum absolute atomic E-state index is 13.5. The van der Waals surface area contributed by atoms with E-state index in [1.165, 1.54) is 30.9 Å². The lowest BCUT2D eigenvalue weighted by atomic mass is 10.2. The third kappa shape index (κ3) is 6.27. The highest BCUT2D eigenvalue weighted by molar-refractivity contribution is 5.94. The first-order valence-corrected chi connectivity index (χ1v) is 7.31. The van der Waals surface area contributed by atoms with Gasteiger partial charge in [-0.2, -0.15) is 47.9 Å². The molecule has 0 aliphatic heterocycles. The minimum absolute atomic E-state index is 0. The van der Waals surface area contributed by atoms with Gasteiger partial charge in [0.2, 0.25) is 11.8 Å². The fourth-order valence-electron chi connectivity index (χ4n) is 1.80. The topological polar surface area (TPSA) is 136 Å². The molecule has 3 aromatic rings. The Morgan fingerprint density at radius 1 is 1.03 bits per heavy atom. The van der Waals surface area contributed by atoms with Crippen molar-refractivity contribution in [1.82, 2.24) is 30.4 Å². The summed E-state index contributed by atoms with van der Waals surface area (Å²) in [6, 6.07) is 3.02. The van der Waals surface area contributed by atoms with E-state index in [4.69, 9.17) is 11.1 Å². The number of nitrogens with one attached hydrogen (secondary N) is 1. The van der Waals surface area contributed by atoms with Gasteiger partial charge < -0.3 is 10.5 Å². The predicted molar refractivity (Wildman–Crippen MR) is 94.9 cm³/mol.